The van der Waals surface area contributed by atoms with Gasteiger partial charge in [-0.2, -0.15) is 0 Å². The Labute approximate surface area is 95.8 Å². The van der Waals surface area contributed by atoms with Gasteiger partial charge in [-0.05, 0) is 6.07 Å². The summed E-state index contributed by atoms with van der Waals surface area (Å²) in [4.78, 5) is 21.4. The summed E-state index contributed by atoms with van der Waals surface area (Å²) in [5.41, 5.74) is 4.72. The topological polar surface area (TPSA) is 106 Å². The standard InChI is InChI=1S/C9H12N2O4S/c1-9(2,7(10)8(12)13)5-3-4-6(16-5)11(14)15/h3-4,7H,10H2,1-2H3,(H,12,13). The molecule has 3 N–H and O–H groups in total. The smallest absolute Gasteiger partial charge is 0.324 e. The van der Waals surface area contributed by atoms with Crippen molar-refractivity contribution in [2.45, 2.75) is 25.3 Å². The number of hydrogen-bond acceptors (Lipinski definition) is 5. The predicted molar refractivity (Wildman–Crippen MR) is 59.6 cm³/mol. The first-order chi connectivity index (χ1) is 7.26. The number of rotatable bonds is 4. The average Bonchev–Trinajstić information content (AvgIpc) is 2.65. The van der Waals surface area contributed by atoms with E-state index in [1.54, 1.807) is 19.9 Å². The van der Waals surface area contributed by atoms with Crippen LogP contribution in [0, 0.1) is 10.1 Å². The van der Waals surface area contributed by atoms with Gasteiger partial charge in [-0.3, -0.25) is 14.9 Å². The quantitative estimate of drug-likeness (QED) is 0.614. The minimum absolute atomic E-state index is 0.0133. The molecular weight excluding hydrogens is 232 g/mol. The molecule has 0 spiro atoms. The number of aliphatic carboxylic acids is 1. The first-order valence-corrected chi connectivity index (χ1v) is 5.31. The fraction of sp³-hybridized carbons (Fsp3) is 0.444. The van der Waals surface area contributed by atoms with Crippen LogP contribution in [0.1, 0.15) is 18.7 Å². The van der Waals surface area contributed by atoms with Gasteiger partial charge in [-0.15, -0.1) is 0 Å². The van der Waals surface area contributed by atoms with E-state index < -0.39 is 22.3 Å². The van der Waals surface area contributed by atoms with Crippen molar-refractivity contribution in [3.8, 4) is 0 Å². The molecule has 1 rings (SSSR count). The SMILES string of the molecule is CC(C)(c1ccc([N+](=O)[O-])s1)C(N)C(=O)O. The average molecular weight is 244 g/mol. The van der Waals surface area contributed by atoms with Crippen molar-refractivity contribution < 1.29 is 14.8 Å². The summed E-state index contributed by atoms with van der Waals surface area (Å²) in [6, 6.07) is 1.81. The minimum Gasteiger partial charge on any atom is -0.480 e. The van der Waals surface area contributed by atoms with Gasteiger partial charge in [-0.25, -0.2) is 0 Å². The van der Waals surface area contributed by atoms with Gasteiger partial charge in [0.05, 0.1) is 4.92 Å². The van der Waals surface area contributed by atoms with Gasteiger partial charge in [0.1, 0.15) is 6.04 Å². The summed E-state index contributed by atoms with van der Waals surface area (Å²) in [6.07, 6.45) is 0. The number of nitrogens with zero attached hydrogens (tertiary/aromatic N) is 1. The lowest BCUT2D eigenvalue weighted by Gasteiger charge is -2.26. The third-order valence-corrected chi connectivity index (χ3v) is 3.83. The maximum Gasteiger partial charge on any atom is 0.324 e. The molecule has 0 aliphatic heterocycles. The van der Waals surface area contributed by atoms with E-state index in [0.717, 1.165) is 11.3 Å². The molecule has 0 radical (unpaired) electrons. The summed E-state index contributed by atoms with van der Waals surface area (Å²) in [7, 11) is 0. The van der Waals surface area contributed by atoms with E-state index in [-0.39, 0.29) is 5.00 Å². The van der Waals surface area contributed by atoms with Gasteiger partial charge in [0.25, 0.3) is 0 Å². The van der Waals surface area contributed by atoms with E-state index in [0.29, 0.717) is 4.88 Å². The fourth-order valence-corrected chi connectivity index (χ4v) is 2.20. The van der Waals surface area contributed by atoms with E-state index in [4.69, 9.17) is 10.8 Å². The van der Waals surface area contributed by atoms with E-state index >= 15 is 0 Å². The number of nitro groups is 1. The molecule has 0 bridgehead atoms. The number of carboxylic acids is 1. The zero-order valence-electron chi connectivity index (χ0n) is 8.84. The van der Waals surface area contributed by atoms with Crippen molar-refractivity contribution in [1.29, 1.82) is 0 Å². The van der Waals surface area contributed by atoms with Gasteiger partial charge < -0.3 is 10.8 Å². The summed E-state index contributed by atoms with van der Waals surface area (Å²) in [5.74, 6) is -1.12. The van der Waals surface area contributed by atoms with Gasteiger partial charge >= 0.3 is 11.0 Å². The normalized spacial score (nSPS) is 13.4. The maximum atomic E-state index is 10.8. The van der Waals surface area contributed by atoms with Crippen LogP contribution >= 0.6 is 11.3 Å². The highest BCUT2D eigenvalue weighted by atomic mass is 32.1. The molecule has 1 atom stereocenters. The molecule has 0 aliphatic carbocycles. The number of thiophene rings is 1. The van der Waals surface area contributed by atoms with Crippen molar-refractivity contribution in [3.05, 3.63) is 27.1 Å². The van der Waals surface area contributed by atoms with Crippen LogP contribution < -0.4 is 5.73 Å². The van der Waals surface area contributed by atoms with Crippen LogP contribution in [0.5, 0.6) is 0 Å². The van der Waals surface area contributed by atoms with E-state index in [1.807, 2.05) is 0 Å². The lowest BCUT2D eigenvalue weighted by molar-refractivity contribution is -0.380. The summed E-state index contributed by atoms with van der Waals surface area (Å²) >= 11 is 0.951. The molecule has 16 heavy (non-hydrogen) atoms. The Bertz CT molecular complexity index is 427. The maximum absolute atomic E-state index is 10.8. The van der Waals surface area contributed by atoms with Crippen molar-refractivity contribution in [3.63, 3.8) is 0 Å². The Morgan fingerprint density at radius 2 is 2.19 bits per heavy atom. The van der Waals surface area contributed by atoms with Crippen molar-refractivity contribution >= 4 is 22.3 Å². The summed E-state index contributed by atoms with van der Waals surface area (Å²) in [6.45, 7) is 3.31. The lowest BCUT2D eigenvalue weighted by atomic mass is 9.83. The largest absolute Gasteiger partial charge is 0.480 e. The van der Waals surface area contributed by atoms with E-state index in [2.05, 4.69) is 0 Å². The van der Waals surface area contributed by atoms with Crippen LogP contribution in [0.3, 0.4) is 0 Å². The summed E-state index contributed by atoms with van der Waals surface area (Å²) < 4.78 is 0. The van der Waals surface area contributed by atoms with E-state index in [1.165, 1.54) is 6.07 Å². The van der Waals surface area contributed by atoms with Gasteiger partial charge in [-0.1, -0.05) is 25.2 Å². The van der Waals surface area contributed by atoms with Crippen LogP contribution in [0.2, 0.25) is 0 Å². The van der Waals surface area contributed by atoms with Crippen molar-refractivity contribution in [2.24, 2.45) is 5.73 Å². The molecule has 6 nitrogen and oxygen atoms in total. The molecule has 88 valence electrons. The third kappa shape index (κ3) is 2.20. The molecule has 1 unspecified atom stereocenters. The second-order valence-electron chi connectivity index (χ2n) is 3.93. The fourth-order valence-electron chi connectivity index (χ4n) is 1.23. The molecule has 0 saturated carbocycles. The predicted octanol–water partition coefficient (Wildman–Crippen LogP) is 1.35. The second-order valence-corrected chi connectivity index (χ2v) is 4.99. The molecule has 0 aromatic carbocycles. The number of hydrogen-bond donors (Lipinski definition) is 2. The zero-order valence-corrected chi connectivity index (χ0v) is 9.65. The van der Waals surface area contributed by atoms with Crippen molar-refractivity contribution in [1.82, 2.24) is 0 Å². The molecular formula is C9H12N2O4S. The van der Waals surface area contributed by atoms with Gasteiger partial charge in [0.15, 0.2) is 0 Å². The van der Waals surface area contributed by atoms with Crippen LogP contribution in [0.15, 0.2) is 12.1 Å². The van der Waals surface area contributed by atoms with Crippen LogP contribution in [0.25, 0.3) is 0 Å². The molecule has 1 heterocycles. The van der Waals surface area contributed by atoms with Crippen LogP contribution in [-0.2, 0) is 10.2 Å². The third-order valence-electron chi connectivity index (χ3n) is 2.45. The van der Waals surface area contributed by atoms with Crippen LogP contribution in [-0.4, -0.2) is 22.0 Å². The van der Waals surface area contributed by atoms with Crippen molar-refractivity contribution in [2.75, 3.05) is 0 Å². The molecule has 1 aromatic rings. The van der Waals surface area contributed by atoms with Gasteiger partial charge in [0.2, 0.25) is 0 Å². The number of nitrogens with two attached hydrogens (primary N) is 1. The Hall–Kier alpha value is -1.47. The zero-order chi connectivity index (χ0) is 12.5. The number of carboxylic acid groups (broad SMARTS) is 1. The molecule has 1 aromatic heterocycles. The lowest BCUT2D eigenvalue weighted by Crippen LogP contribution is -2.46. The van der Waals surface area contributed by atoms with Gasteiger partial charge in [0, 0.05) is 16.4 Å². The Kier molecular flexibility index (Phi) is 3.30. The Morgan fingerprint density at radius 3 is 2.56 bits per heavy atom. The first kappa shape index (κ1) is 12.6. The van der Waals surface area contributed by atoms with E-state index in [9.17, 15) is 14.9 Å². The minimum atomic E-state index is -1.12. The highest BCUT2D eigenvalue weighted by Crippen LogP contribution is 2.35. The molecule has 0 saturated heterocycles. The monoisotopic (exact) mass is 244 g/mol. The molecule has 0 fully saturated rings. The van der Waals surface area contributed by atoms with Crippen LogP contribution in [0.4, 0.5) is 5.00 Å². The first-order valence-electron chi connectivity index (χ1n) is 4.50. The second kappa shape index (κ2) is 4.18. The number of carbonyl (C=O) groups is 1. The molecule has 0 amide bonds. The molecule has 7 heteroatoms. The highest BCUT2D eigenvalue weighted by molar-refractivity contribution is 7.15. The highest BCUT2D eigenvalue weighted by Gasteiger charge is 2.35. The Morgan fingerprint density at radius 1 is 1.62 bits per heavy atom. The summed E-state index contributed by atoms with van der Waals surface area (Å²) in [5, 5.41) is 19.3. The molecule has 0 aliphatic rings. The Balaban J connectivity index is 3.06.